The van der Waals surface area contributed by atoms with E-state index in [9.17, 15) is 0 Å². The first-order valence-electron chi connectivity index (χ1n) is 9.34. The van der Waals surface area contributed by atoms with Crippen LogP contribution in [0, 0.1) is 0 Å². The number of pyridine rings is 2. The Kier molecular flexibility index (Phi) is 5.24. The van der Waals surface area contributed by atoms with E-state index in [0.717, 1.165) is 65.6 Å². The number of piperazine rings is 1. The number of hydrogen-bond acceptors (Lipinski definition) is 6. The van der Waals surface area contributed by atoms with E-state index in [0.29, 0.717) is 5.02 Å². The smallest absolute Gasteiger partial charge is 0.142 e. The van der Waals surface area contributed by atoms with Crippen LogP contribution in [0.25, 0.3) is 22.2 Å². The third kappa shape index (κ3) is 3.57. The van der Waals surface area contributed by atoms with Gasteiger partial charge in [-0.15, -0.1) is 0 Å². The number of aromatic nitrogens is 2. The molecule has 0 bridgehead atoms. The van der Waals surface area contributed by atoms with Crippen molar-refractivity contribution >= 4 is 34.0 Å². The van der Waals surface area contributed by atoms with Crippen molar-refractivity contribution in [3.05, 3.63) is 41.6 Å². The van der Waals surface area contributed by atoms with E-state index in [2.05, 4.69) is 27.3 Å². The molecule has 6 nitrogen and oxygen atoms in total. The Hall–Kier alpha value is -2.57. The monoisotopic (exact) mass is 397 g/mol. The molecule has 0 aliphatic carbocycles. The van der Waals surface area contributed by atoms with Gasteiger partial charge in [-0.05, 0) is 30.3 Å². The Labute approximate surface area is 170 Å². The van der Waals surface area contributed by atoms with Crippen LogP contribution in [0.3, 0.4) is 0 Å². The maximum absolute atomic E-state index is 6.58. The minimum atomic E-state index is 0.648. The molecule has 1 fully saturated rings. The van der Waals surface area contributed by atoms with Gasteiger partial charge >= 0.3 is 0 Å². The van der Waals surface area contributed by atoms with Gasteiger partial charge in [-0.3, -0.25) is 0 Å². The van der Waals surface area contributed by atoms with Crippen molar-refractivity contribution < 1.29 is 4.74 Å². The summed E-state index contributed by atoms with van der Waals surface area (Å²) in [5.74, 6) is 1.77. The zero-order chi connectivity index (χ0) is 19.7. The third-order valence-corrected chi connectivity index (χ3v) is 5.34. The molecule has 3 heterocycles. The molecule has 3 aromatic rings. The largest absolute Gasteiger partial charge is 0.495 e. The SMILES string of the molecule is COc1cc2c(Cl)cc(-c3ccc(N4CCNCC4)nc3)nc2cc1N(C)C. The van der Waals surface area contributed by atoms with Crippen molar-refractivity contribution in [2.24, 2.45) is 0 Å². The van der Waals surface area contributed by atoms with Crippen molar-refractivity contribution in [1.82, 2.24) is 15.3 Å². The number of hydrogen-bond donors (Lipinski definition) is 1. The second kappa shape index (κ2) is 7.81. The van der Waals surface area contributed by atoms with Crippen LogP contribution in [-0.4, -0.2) is 57.4 Å². The molecule has 2 aromatic heterocycles. The summed E-state index contributed by atoms with van der Waals surface area (Å²) in [7, 11) is 5.62. The molecule has 0 unspecified atom stereocenters. The first-order chi connectivity index (χ1) is 13.6. The number of nitrogens with zero attached hydrogens (tertiary/aromatic N) is 4. The van der Waals surface area contributed by atoms with Crippen LogP contribution in [0.5, 0.6) is 5.75 Å². The van der Waals surface area contributed by atoms with Crippen molar-refractivity contribution in [3.8, 4) is 17.0 Å². The molecular formula is C21H24ClN5O. The fourth-order valence-corrected chi connectivity index (χ4v) is 3.74. The molecule has 0 amide bonds. The summed E-state index contributed by atoms with van der Waals surface area (Å²) in [6.07, 6.45) is 1.87. The van der Waals surface area contributed by atoms with Gasteiger partial charge in [0.2, 0.25) is 0 Å². The minimum Gasteiger partial charge on any atom is -0.495 e. The lowest BCUT2D eigenvalue weighted by Crippen LogP contribution is -2.43. The van der Waals surface area contributed by atoms with Crippen LogP contribution in [0.4, 0.5) is 11.5 Å². The summed E-state index contributed by atoms with van der Waals surface area (Å²) in [5, 5.41) is 4.88. The zero-order valence-electron chi connectivity index (χ0n) is 16.4. The van der Waals surface area contributed by atoms with E-state index in [1.165, 1.54) is 0 Å². The number of fused-ring (bicyclic) bond motifs is 1. The molecule has 4 rings (SSSR count). The normalized spacial score (nSPS) is 14.4. The lowest BCUT2D eigenvalue weighted by molar-refractivity contribution is 0.416. The number of rotatable bonds is 4. The highest BCUT2D eigenvalue weighted by Gasteiger charge is 2.14. The maximum atomic E-state index is 6.58. The van der Waals surface area contributed by atoms with Crippen molar-refractivity contribution in [2.45, 2.75) is 0 Å². The van der Waals surface area contributed by atoms with Gasteiger partial charge in [-0.2, -0.15) is 0 Å². The summed E-state index contributed by atoms with van der Waals surface area (Å²) in [5.41, 5.74) is 3.55. The van der Waals surface area contributed by atoms with Crippen LogP contribution >= 0.6 is 11.6 Å². The predicted molar refractivity (Wildman–Crippen MR) is 116 cm³/mol. The van der Waals surface area contributed by atoms with Gasteiger partial charge in [-0.1, -0.05) is 11.6 Å². The van der Waals surface area contributed by atoms with Crippen molar-refractivity contribution in [2.75, 3.05) is 57.2 Å². The predicted octanol–water partition coefficient (Wildman–Crippen LogP) is 3.43. The van der Waals surface area contributed by atoms with E-state index >= 15 is 0 Å². The maximum Gasteiger partial charge on any atom is 0.142 e. The molecule has 0 saturated carbocycles. The molecule has 28 heavy (non-hydrogen) atoms. The fourth-order valence-electron chi connectivity index (χ4n) is 3.48. The highest BCUT2D eigenvalue weighted by molar-refractivity contribution is 6.35. The zero-order valence-corrected chi connectivity index (χ0v) is 17.1. The highest BCUT2D eigenvalue weighted by atomic mass is 35.5. The number of halogens is 1. The van der Waals surface area contributed by atoms with Gasteiger partial charge in [-0.25, -0.2) is 9.97 Å². The Morgan fingerprint density at radius 1 is 1.14 bits per heavy atom. The van der Waals surface area contributed by atoms with Crippen LogP contribution in [0.2, 0.25) is 5.02 Å². The van der Waals surface area contributed by atoms with Crippen LogP contribution in [0.15, 0.2) is 36.5 Å². The quantitative estimate of drug-likeness (QED) is 0.727. The molecule has 0 atom stereocenters. The van der Waals surface area contributed by atoms with Gasteiger partial charge in [0, 0.05) is 57.4 Å². The van der Waals surface area contributed by atoms with Gasteiger partial charge in [0.15, 0.2) is 0 Å². The Balaban J connectivity index is 1.72. The summed E-state index contributed by atoms with van der Waals surface area (Å²) in [6.45, 7) is 3.93. The second-order valence-electron chi connectivity index (χ2n) is 7.07. The fraction of sp³-hybridized carbons (Fsp3) is 0.333. The molecule has 1 N–H and O–H groups in total. The topological polar surface area (TPSA) is 53.5 Å². The van der Waals surface area contributed by atoms with E-state index in [-0.39, 0.29) is 0 Å². The van der Waals surface area contributed by atoms with E-state index in [1.54, 1.807) is 7.11 Å². The average Bonchev–Trinajstić information content (AvgIpc) is 2.73. The van der Waals surface area contributed by atoms with Crippen molar-refractivity contribution in [3.63, 3.8) is 0 Å². The number of methoxy groups -OCH3 is 1. The lowest BCUT2D eigenvalue weighted by Gasteiger charge is -2.28. The molecule has 146 valence electrons. The van der Waals surface area contributed by atoms with Gasteiger partial charge < -0.3 is 19.9 Å². The molecule has 1 saturated heterocycles. The molecular weight excluding hydrogens is 374 g/mol. The summed E-state index contributed by atoms with van der Waals surface area (Å²) >= 11 is 6.58. The number of anilines is 2. The minimum absolute atomic E-state index is 0.648. The Bertz CT molecular complexity index is 984. The molecule has 1 aliphatic rings. The van der Waals surface area contributed by atoms with Crippen molar-refractivity contribution in [1.29, 1.82) is 0 Å². The van der Waals surface area contributed by atoms with E-state index in [1.807, 2.05) is 43.4 Å². The second-order valence-corrected chi connectivity index (χ2v) is 7.47. The van der Waals surface area contributed by atoms with Gasteiger partial charge in [0.1, 0.15) is 11.6 Å². The van der Waals surface area contributed by atoms with Crippen LogP contribution < -0.4 is 19.9 Å². The summed E-state index contributed by atoms with van der Waals surface area (Å²) in [6, 6.07) is 9.95. The summed E-state index contributed by atoms with van der Waals surface area (Å²) < 4.78 is 5.51. The number of benzene rings is 1. The molecule has 0 spiro atoms. The average molecular weight is 398 g/mol. The van der Waals surface area contributed by atoms with E-state index < -0.39 is 0 Å². The molecule has 7 heteroatoms. The standard InChI is InChI=1S/C21H24ClN5O/c1-26(2)19-12-18-15(10-20(19)28-3)16(22)11-17(25-18)14-4-5-21(24-13-14)27-8-6-23-7-9-27/h4-5,10-13,23H,6-9H2,1-3H3. The first-order valence-corrected chi connectivity index (χ1v) is 9.72. The van der Waals surface area contributed by atoms with Gasteiger partial charge in [0.25, 0.3) is 0 Å². The van der Waals surface area contributed by atoms with Gasteiger partial charge in [0.05, 0.1) is 29.0 Å². The molecule has 1 aliphatic heterocycles. The number of ether oxygens (including phenoxy) is 1. The van der Waals surface area contributed by atoms with Crippen LogP contribution in [0.1, 0.15) is 0 Å². The highest BCUT2D eigenvalue weighted by Crippen LogP contribution is 2.36. The van der Waals surface area contributed by atoms with Crippen LogP contribution in [-0.2, 0) is 0 Å². The lowest BCUT2D eigenvalue weighted by atomic mass is 10.1. The Morgan fingerprint density at radius 2 is 1.93 bits per heavy atom. The van der Waals surface area contributed by atoms with E-state index in [4.69, 9.17) is 21.3 Å². The first kappa shape index (κ1) is 18.8. The number of nitrogens with one attached hydrogen (secondary N) is 1. The third-order valence-electron chi connectivity index (χ3n) is 5.03. The molecule has 0 radical (unpaired) electrons. The molecule has 1 aromatic carbocycles. The summed E-state index contributed by atoms with van der Waals surface area (Å²) in [4.78, 5) is 13.8. The Morgan fingerprint density at radius 3 is 2.57 bits per heavy atom.